The van der Waals surface area contributed by atoms with Crippen molar-refractivity contribution in [2.45, 2.75) is 31.3 Å². The number of imidazole rings is 1. The molecule has 2 atom stereocenters. The Balaban J connectivity index is 1.86. The molecule has 0 bridgehead atoms. The second-order valence-electron chi connectivity index (χ2n) is 6.77. The van der Waals surface area contributed by atoms with Gasteiger partial charge in [-0.25, -0.2) is 14.6 Å². The predicted octanol–water partition coefficient (Wildman–Crippen LogP) is 2.21. The van der Waals surface area contributed by atoms with Crippen molar-refractivity contribution >= 4 is 29.6 Å². The van der Waals surface area contributed by atoms with Gasteiger partial charge in [0.05, 0.1) is 26.2 Å². The third-order valence-corrected chi connectivity index (χ3v) is 5.38. The number of rotatable bonds is 6. The Labute approximate surface area is 178 Å². The molecule has 1 aromatic heterocycles. The highest BCUT2D eigenvalue weighted by Gasteiger charge is 2.36. The highest BCUT2D eigenvalue weighted by atomic mass is 35.5. The lowest BCUT2D eigenvalue weighted by Gasteiger charge is -2.36. The van der Waals surface area contributed by atoms with Crippen LogP contribution < -0.4 is 5.32 Å². The molecule has 2 amide bonds. The summed E-state index contributed by atoms with van der Waals surface area (Å²) in [5.41, 5.74) is 2.36. The number of carbonyl (C=O) groups is 3. The van der Waals surface area contributed by atoms with Crippen LogP contribution in [0.1, 0.15) is 35.8 Å². The van der Waals surface area contributed by atoms with E-state index in [1.165, 1.54) is 14.2 Å². The summed E-state index contributed by atoms with van der Waals surface area (Å²) >= 11 is 6.42. The number of halogens is 1. The van der Waals surface area contributed by atoms with Crippen LogP contribution in [0.2, 0.25) is 5.02 Å². The van der Waals surface area contributed by atoms with E-state index in [9.17, 15) is 14.4 Å². The van der Waals surface area contributed by atoms with Crippen molar-refractivity contribution in [2.75, 3.05) is 20.8 Å². The summed E-state index contributed by atoms with van der Waals surface area (Å²) in [6, 6.07) is 5.25. The van der Waals surface area contributed by atoms with E-state index < -0.39 is 30.1 Å². The number of benzene rings is 1. The molecule has 160 valence electrons. The summed E-state index contributed by atoms with van der Waals surface area (Å²) < 4.78 is 9.39. The van der Waals surface area contributed by atoms with Gasteiger partial charge in [0.25, 0.3) is 0 Å². The normalized spacial score (nSPS) is 16.4. The topological polar surface area (TPSA) is 114 Å². The smallest absolute Gasteiger partial charge is 0.328 e. The number of H-pyrrole nitrogens is 1. The molecule has 30 heavy (non-hydrogen) atoms. The average molecular weight is 435 g/mol. The molecule has 0 spiro atoms. The van der Waals surface area contributed by atoms with Crippen molar-refractivity contribution in [2.24, 2.45) is 0 Å². The molecule has 1 unspecified atom stereocenters. The van der Waals surface area contributed by atoms with Crippen molar-refractivity contribution in [3.8, 4) is 0 Å². The summed E-state index contributed by atoms with van der Waals surface area (Å²) in [6.07, 6.45) is 2.19. The first kappa shape index (κ1) is 21.6. The fourth-order valence-corrected chi connectivity index (χ4v) is 3.73. The van der Waals surface area contributed by atoms with Crippen molar-refractivity contribution < 1.29 is 23.9 Å². The van der Waals surface area contributed by atoms with Crippen molar-refractivity contribution in [1.82, 2.24) is 20.2 Å². The molecule has 2 aromatic rings. The first-order valence-corrected chi connectivity index (χ1v) is 9.82. The van der Waals surface area contributed by atoms with Crippen molar-refractivity contribution in [1.29, 1.82) is 0 Å². The molecule has 0 saturated carbocycles. The van der Waals surface area contributed by atoms with E-state index in [2.05, 4.69) is 20.0 Å². The van der Waals surface area contributed by atoms with E-state index in [1.807, 2.05) is 18.2 Å². The molecule has 0 saturated heterocycles. The fraction of sp³-hybridized carbons (Fsp3) is 0.400. The fourth-order valence-electron chi connectivity index (χ4n) is 3.49. The number of nitrogens with one attached hydrogen (secondary N) is 2. The van der Waals surface area contributed by atoms with Gasteiger partial charge in [-0.05, 0) is 18.1 Å². The average Bonchev–Trinajstić information content (AvgIpc) is 3.24. The number of urea groups is 1. The molecule has 0 radical (unpaired) electrons. The number of methoxy groups -OCH3 is 2. The number of nitrogens with zero attached hydrogens (tertiary/aromatic N) is 2. The molecule has 3 rings (SSSR count). The lowest BCUT2D eigenvalue weighted by atomic mass is 9.96. The van der Waals surface area contributed by atoms with Crippen LogP contribution in [0.3, 0.4) is 0 Å². The second kappa shape index (κ2) is 9.62. The lowest BCUT2D eigenvalue weighted by molar-refractivity contribution is -0.144. The van der Waals surface area contributed by atoms with Crippen LogP contribution in [0.4, 0.5) is 4.79 Å². The van der Waals surface area contributed by atoms with E-state index in [0.717, 1.165) is 11.3 Å². The van der Waals surface area contributed by atoms with Gasteiger partial charge in [-0.15, -0.1) is 0 Å². The Morgan fingerprint density at radius 3 is 2.77 bits per heavy atom. The van der Waals surface area contributed by atoms with Gasteiger partial charge in [-0.3, -0.25) is 4.79 Å². The number of amides is 2. The number of esters is 2. The van der Waals surface area contributed by atoms with Gasteiger partial charge >= 0.3 is 18.0 Å². The van der Waals surface area contributed by atoms with Crippen LogP contribution in [0, 0.1) is 0 Å². The van der Waals surface area contributed by atoms with Crippen LogP contribution in [-0.2, 0) is 25.5 Å². The van der Waals surface area contributed by atoms with Gasteiger partial charge < -0.3 is 24.7 Å². The van der Waals surface area contributed by atoms with Crippen LogP contribution in [0.5, 0.6) is 0 Å². The van der Waals surface area contributed by atoms with E-state index in [0.29, 0.717) is 23.7 Å². The zero-order valence-electron chi connectivity index (χ0n) is 16.7. The maximum Gasteiger partial charge on any atom is 0.328 e. The molecular weight excluding hydrogens is 412 g/mol. The number of ether oxygens (including phenoxy) is 2. The van der Waals surface area contributed by atoms with Gasteiger partial charge in [-0.2, -0.15) is 0 Å². The Morgan fingerprint density at radius 1 is 1.30 bits per heavy atom. The van der Waals surface area contributed by atoms with Crippen molar-refractivity contribution in [3.05, 3.63) is 52.6 Å². The van der Waals surface area contributed by atoms with Crippen molar-refractivity contribution in [3.63, 3.8) is 0 Å². The molecule has 9 nitrogen and oxygen atoms in total. The van der Waals surface area contributed by atoms with E-state index >= 15 is 0 Å². The third kappa shape index (κ3) is 4.56. The molecule has 2 heterocycles. The number of aromatic nitrogens is 2. The zero-order chi connectivity index (χ0) is 21.7. The molecular formula is C20H23ClN4O5. The minimum Gasteiger partial charge on any atom is -0.469 e. The van der Waals surface area contributed by atoms with E-state index in [4.69, 9.17) is 16.3 Å². The van der Waals surface area contributed by atoms with Crippen LogP contribution in [0.25, 0.3) is 0 Å². The summed E-state index contributed by atoms with van der Waals surface area (Å²) in [4.78, 5) is 45.9. The quantitative estimate of drug-likeness (QED) is 0.674. The largest absolute Gasteiger partial charge is 0.469 e. The first-order valence-electron chi connectivity index (χ1n) is 9.44. The molecule has 0 fully saturated rings. The molecule has 2 N–H and O–H groups in total. The zero-order valence-corrected chi connectivity index (χ0v) is 17.4. The van der Waals surface area contributed by atoms with Crippen LogP contribution in [0.15, 0.2) is 30.6 Å². The van der Waals surface area contributed by atoms with Gasteiger partial charge in [0.15, 0.2) is 0 Å². The Hall–Kier alpha value is -3.07. The number of carbonyl (C=O) groups excluding carboxylic acids is 3. The van der Waals surface area contributed by atoms with E-state index in [1.54, 1.807) is 17.3 Å². The highest BCUT2D eigenvalue weighted by Crippen LogP contribution is 2.36. The minimum atomic E-state index is -0.992. The maximum atomic E-state index is 13.2. The molecule has 1 aliphatic heterocycles. The molecule has 1 aromatic carbocycles. The summed E-state index contributed by atoms with van der Waals surface area (Å²) in [6.45, 7) is 0.391. The molecule has 10 heteroatoms. The predicted molar refractivity (Wildman–Crippen MR) is 108 cm³/mol. The monoisotopic (exact) mass is 434 g/mol. The van der Waals surface area contributed by atoms with Gasteiger partial charge in [0.1, 0.15) is 12.1 Å². The van der Waals surface area contributed by atoms with Crippen LogP contribution in [-0.4, -0.2) is 59.6 Å². The number of hydrogen-bond donors (Lipinski definition) is 2. The molecule has 0 aliphatic carbocycles. The van der Waals surface area contributed by atoms with Gasteiger partial charge in [-0.1, -0.05) is 29.8 Å². The third-order valence-electron chi connectivity index (χ3n) is 5.03. The van der Waals surface area contributed by atoms with Crippen LogP contribution >= 0.6 is 11.6 Å². The standard InChI is InChI=1S/C20H23ClN4O5/c1-29-16(26)8-7-15(19(27)30-2)24-20(28)25-10-9-14-17(23-11-22-14)18(25)12-5-3-4-6-13(12)21/h3-6,11,15,18H,7-10H2,1-2H3,(H,22,23)(H,24,28)/t15-,18?/m0/s1. The summed E-state index contributed by atoms with van der Waals surface area (Å²) in [7, 11) is 2.49. The SMILES string of the molecule is COC(=O)CC[C@H](NC(=O)N1CCc2[nH]cnc2C1c1ccccc1Cl)C(=O)OC. The van der Waals surface area contributed by atoms with Gasteiger partial charge in [0.2, 0.25) is 0 Å². The number of hydrogen-bond acceptors (Lipinski definition) is 6. The summed E-state index contributed by atoms with van der Waals surface area (Å²) in [5, 5.41) is 3.19. The second-order valence-corrected chi connectivity index (χ2v) is 7.18. The summed E-state index contributed by atoms with van der Waals surface area (Å²) in [5.74, 6) is -1.12. The lowest BCUT2D eigenvalue weighted by Crippen LogP contribution is -2.51. The Kier molecular flexibility index (Phi) is 6.94. The van der Waals surface area contributed by atoms with E-state index in [-0.39, 0.29) is 12.8 Å². The highest BCUT2D eigenvalue weighted by molar-refractivity contribution is 6.31. The Bertz CT molecular complexity index is 931. The van der Waals surface area contributed by atoms with Gasteiger partial charge in [0, 0.05) is 30.1 Å². The number of aromatic amines is 1. The minimum absolute atomic E-state index is 0.0337. The number of fused-ring (bicyclic) bond motifs is 1. The molecule has 1 aliphatic rings. The first-order chi connectivity index (χ1) is 14.5. The Morgan fingerprint density at radius 2 is 2.07 bits per heavy atom. The maximum absolute atomic E-state index is 13.2.